The maximum Gasteiger partial charge on any atom is 0.314 e. The maximum atomic E-state index is 11.8. The zero-order chi connectivity index (χ0) is 13.2. The van der Waals surface area contributed by atoms with Gasteiger partial charge in [-0.15, -0.1) is 0 Å². The van der Waals surface area contributed by atoms with E-state index in [1.807, 2.05) is 0 Å². The van der Waals surface area contributed by atoms with Gasteiger partial charge in [-0.1, -0.05) is 0 Å². The number of ether oxygens (including phenoxy) is 1. The lowest BCUT2D eigenvalue weighted by molar-refractivity contribution is -0.145. The van der Waals surface area contributed by atoms with Crippen LogP contribution in [0.15, 0.2) is 11.1 Å². The molecule has 98 valence electrons. The maximum absolute atomic E-state index is 11.8. The van der Waals surface area contributed by atoms with E-state index in [-0.39, 0.29) is 28.9 Å². The third-order valence-corrected chi connectivity index (χ3v) is 4.00. The summed E-state index contributed by atoms with van der Waals surface area (Å²) in [6, 6.07) is 0. The van der Waals surface area contributed by atoms with Gasteiger partial charge in [0, 0.05) is 12.5 Å². The lowest BCUT2D eigenvalue weighted by Crippen LogP contribution is -2.21. The van der Waals surface area contributed by atoms with Crippen LogP contribution in [-0.4, -0.2) is 32.1 Å². The lowest BCUT2D eigenvalue weighted by atomic mass is 10.1. The number of imidazole rings is 1. The number of nitrogens with two attached hydrogens (primary N) is 1. The molecule has 2 aromatic rings. The van der Waals surface area contributed by atoms with Crippen LogP contribution in [0.1, 0.15) is 6.42 Å². The Balaban J connectivity index is 1.81. The van der Waals surface area contributed by atoms with Crippen molar-refractivity contribution in [3.05, 3.63) is 16.7 Å². The zero-order valence-electron chi connectivity index (χ0n) is 9.92. The molecule has 1 aliphatic carbocycles. The summed E-state index contributed by atoms with van der Waals surface area (Å²) in [7, 11) is 0. The molecule has 1 aliphatic heterocycles. The second-order valence-electron chi connectivity index (χ2n) is 5.15. The molecule has 0 spiro atoms. The average molecular weight is 261 g/mol. The first-order valence-electron chi connectivity index (χ1n) is 5.98. The summed E-state index contributed by atoms with van der Waals surface area (Å²) in [6.45, 7) is 0.921. The molecular weight excluding hydrogens is 250 g/mol. The van der Waals surface area contributed by atoms with Crippen molar-refractivity contribution in [3.63, 3.8) is 0 Å². The zero-order valence-corrected chi connectivity index (χ0v) is 9.92. The molecule has 2 fully saturated rings. The predicted octanol–water partition coefficient (Wildman–Crippen LogP) is -0.735. The number of anilines is 1. The fourth-order valence-corrected chi connectivity index (χ4v) is 2.82. The van der Waals surface area contributed by atoms with Crippen LogP contribution in [0, 0.1) is 11.3 Å². The van der Waals surface area contributed by atoms with Crippen molar-refractivity contribution in [2.45, 2.75) is 13.0 Å². The van der Waals surface area contributed by atoms with Crippen LogP contribution >= 0.6 is 0 Å². The molecule has 0 bridgehead atoms. The molecular formula is C11H11N5O3. The molecule has 2 aliphatic rings. The molecule has 3 N–H and O–H groups in total. The van der Waals surface area contributed by atoms with Gasteiger partial charge in [0.1, 0.15) is 0 Å². The summed E-state index contributed by atoms with van der Waals surface area (Å²) >= 11 is 0. The number of carbonyl (C=O) groups is 1. The Labute approximate surface area is 106 Å². The van der Waals surface area contributed by atoms with Crippen LogP contribution in [0.5, 0.6) is 0 Å². The van der Waals surface area contributed by atoms with Crippen LogP contribution in [0.25, 0.3) is 11.2 Å². The number of hydrogen-bond donors (Lipinski definition) is 2. The third-order valence-electron chi connectivity index (χ3n) is 4.00. The number of nitrogens with one attached hydrogen (secondary N) is 1. The largest absolute Gasteiger partial charge is 0.465 e. The first-order chi connectivity index (χ1) is 9.10. The van der Waals surface area contributed by atoms with E-state index in [2.05, 4.69) is 15.0 Å². The highest BCUT2D eigenvalue weighted by Gasteiger charge is 2.66. The molecule has 0 aromatic carbocycles. The summed E-state index contributed by atoms with van der Waals surface area (Å²) in [5, 5.41) is 0. The Morgan fingerprint density at radius 1 is 1.58 bits per heavy atom. The van der Waals surface area contributed by atoms with Crippen LogP contribution in [0.2, 0.25) is 0 Å². The van der Waals surface area contributed by atoms with E-state index in [9.17, 15) is 9.59 Å². The van der Waals surface area contributed by atoms with Crippen molar-refractivity contribution in [3.8, 4) is 0 Å². The normalized spacial score (nSPS) is 28.4. The number of esters is 1. The van der Waals surface area contributed by atoms with Gasteiger partial charge < -0.3 is 15.0 Å². The molecule has 0 amide bonds. The van der Waals surface area contributed by atoms with Crippen LogP contribution < -0.4 is 11.3 Å². The quantitative estimate of drug-likeness (QED) is 0.688. The van der Waals surface area contributed by atoms with Crippen molar-refractivity contribution >= 4 is 23.1 Å². The van der Waals surface area contributed by atoms with E-state index in [1.165, 1.54) is 6.33 Å². The highest BCUT2D eigenvalue weighted by molar-refractivity contribution is 5.83. The Kier molecular flexibility index (Phi) is 1.74. The van der Waals surface area contributed by atoms with Gasteiger partial charge in [-0.05, 0) is 6.42 Å². The Morgan fingerprint density at radius 3 is 3.11 bits per heavy atom. The number of rotatable bonds is 2. The first kappa shape index (κ1) is 10.5. The molecule has 8 heteroatoms. The van der Waals surface area contributed by atoms with E-state index in [1.54, 1.807) is 4.57 Å². The minimum absolute atomic E-state index is 0.0399. The topological polar surface area (TPSA) is 116 Å². The Hall–Kier alpha value is -2.38. The van der Waals surface area contributed by atoms with E-state index < -0.39 is 5.41 Å². The van der Waals surface area contributed by atoms with E-state index in [4.69, 9.17) is 10.5 Å². The SMILES string of the molecule is Nc1nc2c(ncn2C[C@]23C[C@H]2COC3=O)c(=O)[nH]1. The summed E-state index contributed by atoms with van der Waals surface area (Å²) < 4.78 is 6.74. The van der Waals surface area contributed by atoms with Gasteiger partial charge in [0.05, 0.1) is 18.3 Å². The molecule has 3 heterocycles. The summed E-state index contributed by atoms with van der Waals surface area (Å²) in [5.74, 6) is 0.145. The van der Waals surface area contributed by atoms with Crippen molar-refractivity contribution in [1.82, 2.24) is 19.5 Å². The monoisotopic (exact) mass is 261 g/mol. The Bertz CT molecular complexity index is 763. The number of carbonyl (C=O) groups excluding carboxylic acids is 1. The first-order valence-corrected chi connectivity index (χ1v) is 5.98. The number of fused-ring (bicyclic) bond motifs is 2. The number of H-pyrrole nitrogens is 1. The number of aromatic nitrogens is 4. The molecule has 0 unspecified atom stereocenters. The van der Waals surface area contributed by atoms with Crippen LogP contribution in [0.4, 0.5) is 5.95 Å². The van der Waals surface area contributed by atoms with Crippen molar-refractivity contribution in [2.24, 2.45) is 11.3 Å². The summed E-state index contributed by atoms with van der Waals surface area (Å²) in [4.78, 5) is 33.9. The van der Waals surface area contributed by atoms with Gasteiger partial charge in [0.25, 0.3) is 5.56 Å². The summed E-state index contributed by atoms with van der Waals surface area (Å²) in [5.41, 5.74) is 5.34. The predicted molar refractivity (Wildman–Crippen MR) is 64.1 cm³/mol. The number of hydrogen-bond acceptors (Lipinski definition) is 6. The van der Waals surface area contributed by atoms with Crippen LogP contribution in [0.3, 0.4) is 0 Å². The molecule has 4 rings (SSSR count). The molecule has 0 radical (unpaired) electrons. The van der Waals surface area contributed by atoms with Gasteiger partial charge in [0.2, 0.25) is 5.95 Å². The van der Waals surface area contributed by atoms with E-state index in [0.717, 1.165) is 6.42 Å². The van der Waals surface area contributed by atoms with Gasteiger partial charge in [-0.3, -0.25) is 14.6 Å². The molecule has 19 heavy (non-hydrogen) atoms. The average Bonchev–Trinajstić information content (AvgIpc) is 2.79. The van der Waals surface area contributed by atoms with Gasteiger partial charge in [-0.25, -0.2) is 4.98 Å². The second-order valence-corrected chi connectivity index (χ2v) is 5.15. The molecule has 8 nitrogen and oxygen atoms in total. The molecule has 2 aromatic heterocycles. The van der Waals surface area contributed by atoms with Crippen molar-refractivity contribution < 1.29 is 9.53 Å². The van der Waals surface area contributed by atoms with Crippen molar-refractivity contribution in [2.75, 3.05) is 12.3 Å². The molecule has 1 saturated heterocycles. The smallest absolute Gasteiger partial charge is 0.314 e. The minimum Gasteiger partial charge on any atom is -0.465 e. The fourth-order valence-electron chi connectivity index (χ4n) is 2.82. The molecule has 1 saturated carbocycles. The van der Waals surface area contributed by atoms with Crippen molar-refractivity contribution in [1.29, 1.82) is 0 Å². The van der Waals surface area contributed by atoms with E-state index in [0.29, 0.717) is 18.8 Å². The standard InChI is InChI=1S/C11H11N5O3/c12-10-14-7-6(8(17)15-10)13-4-16(7)3-11-1-5(11)2-19-9(11)18/h4-5H,1-3H2,(H3,12,14,15,17)/t5-,11+/m0/s1. The number of nitrogens with zero attached hydrogens (tertiary/aromatic N) is 3. The second kappa shape index (κ2) is 3.14. The third kappa shape index (κ3) is 1.28. The van der Waals surface area contributed by atoms with E-state index >= 15 is 0 Å². The summed E-state index contributed by atoms with van der Waals surface area (Å²) in [6.07, 6.45) is 2.34. The van der Waals surface area contributed by atoms with Gasteiger partial charge in [0.15, 0.2) is 11.2 Å². The van der Waals surface area contributed by atoms with Crippen LogP contribution in [-0.2, 0) is 16.1 Å². The van der Waals surface area contributed by atoms with Gasteiger partial charge in [-0.2, -0.15) is 4.98 Å². The fraction of sp³-hybridized carbons (Fsp3) is 0.455. The highest BCUT2D eigenvalue weighted by Crippen LogP contribution is 2.58. The molecule has 2 atom stereocenters. The minimum atomic E-state index is -0.452. The highest BCUT2D eigenvalue weighted by atomic mass is 16.5. The van der Waals surface area contributed by atoms with Gasteiger partial charge >= 0.3 is 5.97 Å². The number of cyclic esters (lactones) is 1. The lowest BCUT2D eigenvalue weighted by Gasteiger charge is -2.10. The number of aromatic amines is 1. The number of nitrogen functional groups attached to an aromatic ring is 1. The Morgan fingerprint density at radius 2 is 2.42 bits per heavy atom.